The molecule has 0 saturated heterocycles. The van der Waals surface area contributed by atoms with Gasteiger partial charge in [-0.3, -0.25) is 8.42 Å². The molecular formula is CNaO7S-3. The molecule has 0 amide bonds. The van der Waals surface area contributed by atoms with Crippen LogP contribution in [0, 0.1) is 0 Å². The van der Waals surface area contributed by atoms with E-state index in [9.17, 15) is 0 Å². The minimum atomic E-state index is -5.17. The summed E-state index contributed by atoms with van der Waals surface area (Å²) in [7, 11) is -5.17. The third-order valence-corrected chi connectivity index (χ3v) is 0. The van der Waals surface area contributed by atoms with E-state index in [2.05, 4.69) is 0 Å². The van der Waals surface area contributed by atoms with Crippen molar-refractivity contribution in [2.24, 2.45) is 0 Å². The van der Waals surface area contributed by atoms with Crippen molar-refractivity contribution < 1.29 is 62.1 Å². The van der Waals surface area contributed by atoms with E-state index in [0.29, 0.717) is 0 Å². The molecule has 0 aromatic carbocycles. The maximum Gasteiger partial charge on any atom is 1.00 e. The Bertz CT molecular complexity index is 156. The molecule has 0 heterocycles. The summed E-state index contributed by atoms with van der Waals surface area (Å²) in [6.45, 7) is 0. The van der Waals surface area contributed by atoms with Crippen molar-refractivity contribution >= 4 is 16.6 Å². The van der Waals surface area contributed by atoms with Crippen molar-refractivity contribution in [3.05, 3.63) is 0 Å². The molecule has 0 rings (SSSR count). The van der Waals surface area contributed by atoms with Gasteiger partial charge in [0.25, 0.3) is 0 Å². The number of rotatable bonds is 0. The summed E-state index contributed by atoms with van der Waals surface area (Å²) in [4.78, 5) is 8.33. The summed E-state index contributed by atoms with van der Waals surface area (Å²) < 4.78 is 34.1. The van der Waals surface area contributed by atoms with E-state index in [0.717, 1.165) is 0 Å². The summed E-state index contributed by atoms with van der Waals surface area (Å²) in [5, 5.41) is 16.7. The Morgan fingerprint density at radius 3 is 1.10 bits per heavy atom. The molecule has 0 fully saturated rings. The Labute approximate surface area is 78.5 Å². The van der Waals surface area contributed by atoms with Gasteiger partial charge in [0.1, 0.15) is 0 Å². The zero-order chi connectivity index (χ0) is 8.08. The monoisotopic (exact) mass is 179 g/mol. The number of carboxylic acid groups (broad SMARTS) is 2. The topological polar surface area (TPSA) is 143 Å². The third kappa shape index (κ3) is 21200. The standard InChI is InChI=1S/CH2O3.Na.H2O4S/c2-1(3)4;;1-5(2,3)4/h(H2,2,3,4);;(H2,1,2,3,4)/q;+1;/p-4. The molecule has 0 aliphatic carbocycles. The molecule has 0 N–H and O–H groups in total. The van der Waals surface area contributed by atoms with Crippen molar-refractivity contribution in [3.63, 3.8) is 0 Å². The Morgan fingerprint density at radius 2 is 1.10 bits per heavy atom. The molecule has 9 heteroatoms. The fourth-order valence-electron chi connectivity index (χ4n) is 0. The molecule has 7 nitrogen and oxygen atoms in total. The van der Waals surface area contributed by atoms with Crippen LogP contribution in [0.1, 0.15) is 0 Å². The average molecular weight is 179 g/mol. The molecule has 0 aromatic rings. The van der Waals surface area contributed by atoms with Gasteiger partial charge in [-0.25, -0.2) is 0 Å². The molecular weight excluding hydrogens is 179 g/mol. The fourth-order valence-corrected chi connectivity index (χ4v) is 0. The van der Waals surface area contributed by atoms with Crippen LogP contribution in [0.3, 0.4) is 0 Å². The van der Waals surface area contributed by atoms with Gasteiger partial charge in [-0.05, 0) is 6.16 Å². The van der Waals surface area contributed by atoms with E-state index in [1.165, 1.54) is 0 Å². The zero-order valence-electron chi connectivity index (χ0n) is 4.77. The molecule has 0 unspecified atom stereocenters. The molecule has 10 heavy (non-hydrogen) atoms. The smallest absolute Gasteiger partial charge is 0.759 e. The minimum Gasteiger partial charge on any atom is -0.759 e. The van der Waals surface area contributed by atoms with Crippen molar-refractivity contribution in [1.29, 1.82) is 0 Å². The van der Waals surface area contributed by atoms with Crippen LogP contribution in [-0.2, 0) is 10.4 Å². The van der Waals surface area contributed by atoms with Gasteiger partial charge >= 0.3 is 29.6 Å². The predicted octanol–water partition coefficient (Wildman–Crippen LogP) is -6.78. The Morgan fingerprint density at radius 1 is 1.10 bits per heavy atom. The van der Waals surface area contributed by atoms with Gasteiger partial charge in [0, 0.05) is 10.4 Å². The summed E-state index contributed by atoms with van der Waals surface area (Å²) in [5.41, 5.74) is 0. The minimum absolute atomic E-state index is 0. The van der Waals surface area contributed by atoms with Crippen LogP contribution in [0.15, 0.2) is 0 Å². The summed E-state index contributed by atoms with van der Waals surface area (Å²) in [6.07, 6.45) is -2.33. The third-order valence-electron chi connectivity index (χ3n) is 0. The number of carbonyl (C=O) groups excluding carboxylic acids is 1. The molecule has 0 radical (unpaired) electrons. The largest absolute Gasteiger partial charge is 1.00 e. The maximum atomic E-state index is 8.52. The van der Waals surface area contributed by atoms with Crippen molar-refractivity contribution in [3.8, 4) is 0 Å². The summed E-state index contributed by atoms with van der Waals surface area (Å²) in [5.74, 6) is 0. The average Bonchev–Trinajstić information content (AvgIpc) is 1.19. The van der Waals surface area contributed by atoms with Gasteiger partial charge in [-0.15, -0.1) is 0 Å². The van der Waals surface area contributed by atoms with Crippen molar-refractivity contribution in [2.75, 3.05) is 0 Å². The van der Waals surface area contributed by atoms with Gasteiger partial charge in [0.05, 0.1) is 0 Å². The molecule has 0 atom stereocenters. The van der Waals surface area contributed by atoms with Gasteiger partial charge < -0.3 is 24.1 Å². The SMILES string of the molecule is O=C([O-])[O-].O=S(=O)([O-])[O-].[Na+]. The Balaban J connectivity index is -0.0000000910. The first-order valence-corrected chi connectivity index (χ1v) is 2.61. The molecule has 0 aliphatic heterocycles. The van der Waals surface area contributed by atoms with Crippen LogP contribution >= 0.6 is 0 Å². The molecule has 0 spiro atoms. The molecule has 0 aromatic heterocycles. The van der Waals surface area contributed by atoms with Gasteiger partial charge in [0.15, 0.2) is 0 Å². The normalized spacial score (nSPS) is 8.20. The second kappa shape index (κ2) is 7.25. The van der Waals surface area contributed by atoms with Crippen LogP contribution in [0.4, 0.5) is 4.79 Å². The van der Waals surface area contributed by atoms with Gasteiger partial charge in [-0.1, -0.05) is 0 Å². The predicted molar refractivity (Wildman–Crippen MR) is 15.9 cm³/mol. The van der Waals surface area contributed by atoms with E-state index >= 15 is 0 Å². The first-order chi connectivity index (χ1) is 3.73. The number of carbonyl (C=O) groups is 1. The van der Waals surface area contributed by atoms with Crippen LogP contribution in [0.2, 0.25) is 0 Å². The quantitative estimate of drug-likeness (QED) is 0.204. The number of hydrogen-bond donors (Lipinski definition) is 0. The molecule has 56 valence electrons. The van der Waals surface area contributed by atoms with Crippen LogP contribution in [0.25, 0.3) is 0 Å². The summed E-state index contributed by atoms with van der Waals surface area (Å²) in [6, 6.07) is 0. The molecule has 0 saturated carbocycles. The first kappa shape index (κ1) is 16.6. The van der Waals surface area contributed by atoms with E-state index in [4.69, 9.17) is 32.5 Å². The van der Waals surface area contributed by atoms with Crippen LogP contribution < -0.4 is 39.8 Å². The van der Waals surface area contributed by atoms with Gasteiger partial charge in [0.2, 0.25) is 0 Å². The van der Waals surface area contributed by atoms with Crippen molar-refractivity contribution in [2.45, 2.75) is 0 Å². The Kier molecular flexibility index (Phi) is 12.0. The van der Waals surface area contributed by atoms with E-state index in [1.807, 2.05) is 0 Å². The molecule has 0 aliphatic rings. The number of hydrogen-bond acceptors (Lipinski definition) is 7. The fraction of sp³-hybridized carbons (Fsp3) is 0. The van der Waals surface area contributed by atoms with Crippen LogP contribution in [-0.4, -0.2) is 23.7 Å². The van der Waals surface area contributed by atoms with Crippen LogP contribution in [0.5, 0.6) is 0 Å². The van der Waals surface area contributed by atoms with E-state index < -0.39 is 16.6 Å². The first-order valence-electron chi connectivity index (χ1n) is 1.28. The molecule has 0 bridgehead atoms. The second-order valence-electron chi connectivity index (χ2n) is 0.658. The maximum absolute atomic E-state index is 8.52. The zero-order valence-corrected chi connectivity index (χ0v) is 7.58. The van der Waals surface area contributed by atoms with E-state index in [1.54, 1.807) is 0 Å². The second-order valence-corrected chi connectivity index (χ2v) is 1.47. The Hall–Kier alpha value is 0.140. The van der Waals surface area contributed by atoms with Crippen molar-refractivity contribution in [1.82, 2.24) is 0 Å². The van der Waals surface area contributed by atoms with E-state index in [-0.39, 0.29) is 29.6 Å². The summed E-state index contributed by atoms with van der Waals surface area (Å²) >= 11 is 0. The van der Waals surface area contributed by atoms with Gasteiger partial charge in [-0.2, -0.15) is 0 Å².